The second-order valence-corrected chi connectivity index (χ2v) is 7.73. The summed E-state index contributed by atoms with van der Waals surface area (Å²) in [5, 5.41) is 5.69. The molecular weight excluding hydrogens is 392 g/mol. The lowest BCUT2D eigenvalue weighted by molar-refractivity contribution is -0.143. The van der Waals surface area contributed by atoms with Gasteiger partial charge in [0.05, 0.1) is 30.0 Å². The molecular formula is C25H30N2O4. The van der Waals surface area contributed by atoms with Crippen LogP contribution in [0.1, 0.15) is 57.2 Å². The molecule has 0 saturated carbocycles. The average Bonchev–Trinajstić information content (AvgIpc) is 2.76. The van der Waals surface area contributed by atoms with Crippen molar-refractivity contribution in [1.82, 2.24) is 10.6 Å². The third-order valence-electron chi connectivity index (χ3n) is 4.93. The van der Waals surface area contributed by atoms with Gasteiger partial charge in [0, 0.05) is 5.56 Å². The molecule has 164 valence electrons. The Morgan fingerprint density at radius 3 is 2.45 bits per heavy atom. The molecule has 0 saturated heterocycles. The minimum Gasteiger partial charge on any atom is -0.493 e. The van der Waals surface area contributed by atoms with Gasteiger partial charge in [-0.05, 0) is 31.9 Å². The minimum absolute atomic E-state index is 0.296. The number of ether oxygens (including phenoxy) is 2. The van der Waals surface area contributed by atoms with Crippen molar-refractivity contribution >= 4 is 17.7 Å². The molecule has 31 heavy (non-hydrogen) atoms. The summed E-state index contributed by atoms with van der Waals surface area (Å²) >= 11 is 0. The molecule has 1 aliphatic heterocycles. The first kappa shape index (κ1) is 22.4. The minimum atomic E-state index is -0.697. The Morgan fingerprint density at radius 1 is 1.03 bits per heavy atom. The summed E-state index contributed by atoms with van der Waals surface area (Å²) in [6.45, 7) is 6.32. The summed E-state index contributed by atoms with van der Waals surface area (Å²) in [6, 6.07) is 15.7. The van der Waals surface area contributed by atoms with Crippen molar-refractivity contribution in [1.29, 1.82) is 0 Å². The van der Waals surface area contributed by atoms with Gasteiger partial charge in [0.2, 0.25) is 0 Å². The molecule has 2 aromatic rings. The molecule has 6 heteroatoms. The van der Waals surface area contributed by atoms with Crippen LogP contribution in [-0.4, -0.2) is 24.7 Å². The van der Waals surface area contributed by atoms with E-state index in [1.54, 1.807) is 13.8 Å². The van der Waals surface area contributed by atoms with Crippen molar-refractivity contribution in [2.45, 2.75) is 52.2 Å². The highest BCUT2D eigenvalue weighted by Crippen LogP contribution is 2.36. The first-order chi connectivity index (χ1) is 15.0. The summed E-state index contributed by atoms with van der Waals surface area (Å²) in [4.78, 5) is 25.8. The van der Waals surface area contributed by atoms with E-state index in [1.165, 1.54) is 0 Å². The van der Waals surface area contributed by atoms with Gasteiger partial charge in [0.1, 0.15) is 5.75 Å². The standard InChI is InChI=1S/C25H30N2O4/c1-4-5-11-16-30-20-15-10-9-14-19(20)23-21(24(28)31-17(2)3)22(26-25(29)27-23)18-12-7-6-8-13-18/h6-10,12-15,17,23H,4-5,11,16H2,1-3H3,(H2,26,27,29). The number of hydrogen-bond acceptors (Lipinski definition) is 4. The second-order valence-electron chi connectivity index (χ2n) is 7.73. The molecule has 1 heterocycles. The predicted molar refractivity (Wildman–Crippen MR) is 120 cm³/mol. The average molecular weight is 423 g/mol. The van der Waals surface area contributed by atoms with Crippen molar-refractivity contribution < 1.29 is 19.1 Å². The number of para-hydroxylation sites is 1. The molecule has 0 aromatic heterocycles. The Kier molecular flexibility index (Phi) is 7.70. The molecule has 6 nitrogen and oxygen atoms in total. The molecule has 1 atom stereocenters. The number of amides is 2. The maximum absolute atomic E-state index is 13.2. The molecule has 2 N–H and O–H groups in total. The van der Waals surface area contributed by atoms with Crippen LogP contribution in [0.15, 0.2) is 60.2 Å². The second kappa shape index (κ2) is 10.7. The van der Waals surface area contributed by atoms with Crippen molar-refractivity contribution in [3.63, 3.8) is 0 Å². The number of benzene rings is 2. The molecule has 3 rings (SSSR count). The van der Waals surface area contributed by atoms with Crippen LogP contribution < -0.4 is 15.4 Å². The van der Waals surface area contributed by atoms with Gasteiger partial charge >= 0.3 is 12.0 Å². The van der Waals surface area contributed by atoms with E-state index in [9.17, 15) is 9.59 Å². The number of urea groups is 1. The Morgan fingerprint density at radius 2 is 1.74 bits per heavy atom. The van der Waals surface area contributed by atoms with Crippen LogP contribution in [0.5, 0.6) is 5.75 Å². The monoisotopic (exact) mass is 422 g/mol. The van der Waals surface area contributed by atoms with Gasteiger partial charge in [-0.1, -0.05) is 68.3 Å². The summed E-state index contributed by atoms with van der Waals surface area (Å²) in [5.74, 6) is 0.167. The number of rotatable bonds is 9. The van der Waals surface area contributed by atoms with E-state index in [1.807, 2.05) is 54.6 Å². The van der Waals surface area contributed by atoms with Gasteiger partial charge in [0.15, 0.2) is 0 Å². The normalized spacial score (nSPS) is 16.0. The van der Waals surface area contributed by atoms with Crippen molar-refractivity contribution in [3.8, 4) is 5.75 Å². The van der Waals surface area contributed by atoms with E-state index in [0.717, 1.165) is 30.4 Å². The quantitative estimate of drug-likeness (QED) is 0.442. The molecule has 0 radical (unpaired) electrons. The first-order valence-electron chi connectivity index (χ1n) is 10.8. The number of carbonyl (C=O) groups excluding carboxylic acids is 2. The van der Waals surface area contributed by atoms with E-state index in [-0.39, 0.29) is 12.1 Å². The predicted octanol–water partition coefficient (Wildman–Crippen LogP) is 4.97. The maximum Gasteiger partial charge on any atom is 0.338 e. The zero-order valence-electron chi connectivity index (χ0n) is 18.3. The number of esters is 1. The first-order valence-corrected chi connectivity index (χ1v) is 10.8. The van der Waals surface area contributed by atoms with E-state index in [4.69, 9.17) is 9.47 Å². The molecule has 1 unspecified atom stereocenters. The van der Waals surface area contributed by atoms with Gasteiger partial charge < -0.3 is 20.1 Å². The highest BCUT2D eigenvalue weighted by molar-refractivity contribution is 6.04. The highest BCUT2D eigenvalue weighted by atomic mass is 16.5. The highest BCUT2D eigenvalue weighted by Gasteiger charge is 2.36. The lowest BCUT2D eigenvalue weighted by Crippen LogP contribution is -2.45. The largest absolute Gasteiger partial charge is 0.493 e. The van der Waals surface area contributed by atoms with Crippen molar-refractivity contribution in [2.75, 3.05) is 6.61 Å². The fourth-order valence-electron chi connectivity index (χ4n) is 3.51. The van der Waals surface area contributed by atoms with Crippen LogP contribution in [0.3, 0.4) is 0 Å². The number of nitrogens with one attached hydrogen (secondary N) is 2. The van der Waals surface area contributed by atoms with E-state index in [0.29, 0.717) is 23.6 Å². The zero-order chi connectivity index (χ0) is 22.2. The third kappa shape index (κ3) is 5.66. The fourth-order valence-corrected chi connectivity index (χ4v) is 3.51. The summed E-state index contributed by atoms with van der Waals surface area (Å²) in [6.07, 6.45) is 2.83. The Hall–Kier alpha value is -3.28. The van der Waals surface area contributed by atoms with Crippen molar-refractivity contribution in [2.24, 2.45) is 0 Å². The fraction of sp³-hybridized carbons (Fsp3) is 0.360. The van der Waals surface area contributed by atoms with Crippen LogP contribution in [0, 0.1) is 0 Å². The third-order valence-corrected chi connectivity index (χ3v) is 4.93. The van der Waals surface area contributed by atoms with Gasteiger partial charge in [-0.25, -0.2) is 9.59 Å². The van der Waals surface area contributed by atoms with Crippen LogP contribution in [0.4, 0.5) is 4.79 Å². The van der Waals surface area contributed by atoms with Crippen molar-refractivity contribution in [3.05, 3.63) is 71.3 Å². The molecule has 2 aromatic carbocycles. The summed E-state index contributed by atoms with van der Waals surface area (Å²) in [7, 11) is 0. The molecule has 1 aliphatic rings. The maximum atomic E-state index is 13.2. The van der Waals surface area contributed by atoms with Crippen LogP contribution >= 0.6 is 0 Å². The molecule has 0 aliphatic carbocycles. The van der Waals surface area contributed by atoms with Gasteiger partial charge in [-0.15, -0.1) is 0 Å². The van der Waals surface area contributed by atoms with Gasteiger partial charge in [-0.3, -0.25) is 0 Å². The Bertz CT molecular complexity index is 938. The summed E-state index contributed by atoms with van der Waals surface area (Å²) in [5.41, 5.74) is 2.25. The summed E-state index contributed by atoms with van der Waals surface area (Å²) < 4.78 is 11.6. The zero-order valence-corrected chi connectivity index (χ0v) is 18.3. The van der Waals surface area contributed by atoms with Crippen LogP contribution in [-0.2, 0) is 9.53 Å². The van der Waals surface area contributed by atoms with Crippen LogP contribution in [0.25, 0.3) is 5.70 Å². The number of unbranched alkanes of at least 4 members (excludes halogenated alkanes) is 2. The number of hydrogen-bond donors (Lipinski definition) is 2. The SMILES string of the molecule is CCCCCOc1ccccc1C1NC(=O)NC(c2ccccc2)=C1C(=O)OC(C)C. The van der Waals surface area contributed by atoms with Crippen LogP contribution in [0.2, 0.25) is 0 Å². The lowest BCUT2D eigenvalue weighted by atomic mass is 9.92. The molecule has 2 amide bonds. The van der Waals surface area contributed by atoms with Gasteiger partial charge in [-0.2, -0.15) is 0 Å². The molecule has 0 spiro atoms. The topological polar surface area (TPSA) is 76.7 Å². The Balaban J connectivity index is 2.07. The van der Waals surface area contributed by atoms with E-state index in [2.05, 4.69) is 17.6 Å². The smallest absolute Gasteiger partial charge is 0.338 e. The molecule has 0 bridgehead atoms. The van der Waals surface area contributed by atoms with Gasteiger partial charge in [0.25, 0.3) is 0 Å². The number of carbonyl (C=O) groups is 2. The van der Waals surface area contributed by atoms with E-state index < -0.39 is 12.0 Å². The van der Waals surface area contributed by atoms with E-state index >= 15 is 0 Å². The lowest BCUT2D eigenvalue weighted by Gasteiger charge is -2.31. The Labute approximate surface area is 183 Å². The molecule has 0 fully saturated rings.